The highest BCUT2D eigenvalue weighted by Gasteiger charge is 2.39. The molecule has 1 aliphatic rings. The number of aromatic nitrogens is 1. The number of benzene rings is 2. The van der Waals surface area contributed by atoms with Crippen molar-refractivity contribution in [2.24, 2.45) is 0 Å². The predicted molar refractivity (Wildman–Crippen MR) is 141 cm³/mol. The fraction of sp³-hybridized carbons (Fsp3) is 0.300. The Hall–Kier alpha value is -4.15. The lowest BCUT2D eigenvalue weighted by Crippen LogP contribution is -2.57. The van der Waals surface area contributed by atoms with Crippen molar-refractivity contribution in [1.29, 1.82) is 0 Å². The summed E-state index contributed by atoms with van der Waals surface area (Å²) in [6, 6.07) is 9.31. The molecule has 1 aromatic heterocycles. The number of halogens is 6. The maximum absolute atomic E-state index is 13.5. The molecule has 3 aromatic rings. The summed E-state index contributed by atoms with van der Waals surface area (Å²) in [5.41, 5.74) is -0.301. The summed E-state index contributed by atoms with van der Waals surface area (Å²) in [5, 5.41) is 0. The highest BCUT2D eigenvalue weighted by molar-refractivity contribution is 5.96. The van der Waals surface area contributed by atoms with Gasteiger partial charge in [-0.05, 0) is 72.9 Å². The van der Waals surface area contributed by atoms with Crippen LogP contribution in [0.1, 0.15) is 43.7 Å². The maximum Gasteiger partial charge on any atom is 0.416 e. The Morgan fingerprint density at radius 3 is 2.20 bits per heavy atom. The minimum Gasteiger partial charge on any atom is -0.335 e. The molecule has 1 fully saturated rings. The van der Waals surface area contributed by atoms with Crippen molar-refractivity contribution in [3.63, 3.8) is 0 Å². The molecule has 5 nitrogen and oxygen atoms in total. The van der Waals surface area contributed by atoms with Crippen molar-refractivity contribution >= 4 is 17.9 Å². The van der Waals surface area contributed by atoms with Crippen molar-refractivity contribution < 1.29 is 35.9 Å². The third-order valence-corrected chi connectivity index (χ3v) is 7.04. The lowest BCUT2D eigenvalue weighted by Gasteiger charge is -2.41. The Kier molecular flexibility index (Phi) is 8.55. The van der Waals surface area contributed by atoms with E-state index in [1.807, 2.05) is 32.0 Å². The zero-order chi connectivity index (χ0) is 29.9. The maximum atomic E-state index is 13.5. The second kappa shape index (κ2) is 11.8. The van der Waals surface area contributed by atoms with Gasteiger partial charge >= 0.3 is 12.4 Å². The van der Waals surface area contributed by atoms with Crippen LogP contribution < -0.4 is 0 Å². The monoisotopic (exact) mass is 575 g/mol. The van der Waals surface area contributed by atoms with Crippen LogP contribution in [0.15, 0.2) is 67.0 Å². The first-order valence-corrected chi connectivity index (χ1v) is 12.8. The number of piperazine rings is 1. The zero-order valence-corrected chi connectivity index (χ0v) is 22.3. The van der Waals surface area contributed by atoms with Crippen LogP contribution in [0.25, 0.3) is 6.08 Å². The molecule has 2 aromatic carbocycles. The van der Waals surface area contributed by atoms with Crippen LogP contribution >= 0.6 is 0 Å². The van der Waals surface area contributed by atoms with E-state index in [1.165, 1.54) is 15.9 Å². The van der Waals surface area contributed by atoms with Gasteiger partial charge in [-0.2, -0.15) is 26.3 Å². The van der Waals surface area contributed by atoms with Crippen molar-refractivity contribution in [1.82, 2.24) is 14.8 Å². The fourth-order valence-corrected chi connectivity index (χ4v) is 4.69. The normalized spacial score (nSPS) is 16.3. The first kappa shape index (κ1) is 29.8. The van der Waals surface area contributed by atoms with E-state index >= 15 is 0 Å². The number of carbonyl (C=O) groups is 2. The molecule has 1 atom stereocenters. The Morgan fingerprint density at radius 2 is 1.61 bits per heavy atom. The molecule has 41 heavy (non-hydrogen) atoms. The molecule has 0 radical (unpaired) electrons. The number of aryl methyl sites for hydroxylation is 2. The third kappa shape index (κ3) is 7.33. The predicted octanol–water partition coefficient (Wildman–Crippen LogP) is 6.35. The van der Waals surface area contributed by atoms with Gasteiger partial charge in [0.1, 0.15) is 0 Å². The van der Waals surface area contributed by atoms with Crippen molar-refractivity contribution in [3.8, 4) is 0 Å². The van der Waals surface area contributed by atoms with Crippen LogP contribution in [0.5, 0.6) is 0 Å². The number of carbonyl (C=O) groups excluding carboxylic acids is 2. The summed E-state index contributed by atoms with van der Waals surface area (Å²) in [5.74, 6) is -1.31. The molecule has 1 saturated heterocycles. The molecule has 0 aliphatic carbocycles. The molecule has 2 heterocycles. The van der Waals surface area contributed by atoms with Crippen molar-refractivity contribution in [3.05, 3.63) is 106 Å². The second-order valence-electron chi connectivity index (χ2n) is 9.97. The van der Waals surface area contributed by atoms with Gasteiger partial charge < -0.3 is 9.80 Å². The molecule has 0 N–H and O–H groups in total. The van der Waals surface area contributed by atoms with E-state index in [0.29, 0.717) is 17.7 Å². The number of hydrogen-bond donors (Lipinski definition) is 0. The van der Waals surface area contributed by atoms with Gasteiger partial charge in [0.2, 0.25) is 5.91 Å². The van der Waals surface area contributed by atoms with E-state index < -0.39 is 41.0 Å². The first-order valence-electron chi connectivity index (χ1n) is 12.8. The average Bonchev–Trinajstić information content (AvgIpc) is 2.92. The van der Waals surface area contributed by atoms with E-state index in [0.717, 1.165) is 16.7 Å². The summed E-state index contributed by atoms with van der Waals surface area (Å²) >= 11 is 0. The summed E-state index contributed by atoms with van der Waals surface area (Å²) in [6.45, 7) is 3.86. The summed E-state index contributed by atoms with van der Waals surface area (Å²) in [4.78, 5) is 33.3. The molecule has 0 unspecified atom stereocenters. The Morgan fingerprint density at radius 1 is 0.927 bits per heavy atom. The van der Waals surface area contributed by atoms with E-state index in [-0.39, 0.29) is 38.0 Å². The Bertz CT molecular complexity index is 1420. The highest BCUT2D eigenvalue weighted by Crippen LogP contribution is 2.37. The average molecular weight is 576 g/mol. The van der Waals surface area contributed by atoms with Crippen molar-refractivity contribution in [2.45, 2.75) is 38.7 Å². The molecule has 0 saturated carbocycles. The minimum absolute atomic E-state index is 0.00542. The Balaban J connectivity index is 1.66. The van der Waals surface area contributed by atoms with Crippen LogP contribution in [0.3, 0.4) is 0 Å². The number of pyridine rings is 1. The zero-order valence-electron chi connectivity index (χ0n) is 22.3. The smallest absolute Gasteiger partial charge is 0.335 e. The van der Waals surface area contributed by atoms with Crippen LogP contribution in [0.2, 0.25) is 0 Å². The number of amides is 2. The highest BCUT2D eigenvalue weighted by atomic mass is 19.4. The topological polar surface area (TPSA) is 53.5 Å². The third-order valence-electron chi connectivity index (χ3n) is 7.04. The minimum atomic E-state index is -5.08. The van der Waals surface area contributed by atoms with E-state index in [2.05, 4.69) is 4.98 Å². The van der Waals surface area contributed by atoms with Gasteiger partial charge in [-0.3, -0.25) is 14.6 Å². The largest absolute Gasteiger partial charge is 0.416 e. The first-order chi connectivity index (χ1) is 19.2. The molecule has 216 valence electrons. The standard InChI is InChI=1S/C30H27F6N3O2/c1-19-5-6-22(12-20(19)2)13-26-18-38(27(40)8-7-21-4-3-9-37-17-21)10-11-39(26)28(41)23-14-24(29(31,32)33)16-25(15-23)30(34,35)36/h3-9,12,14-17,26H,10-11,13,18H2,1-2H3/t26-/m1/s1. The molecular formula is C30H27F6N3O2. The molecule has 11 heteroatoms. The van der Waals surface area contributed by atoms with E-state index in [9.17, 15) is 35.9 Å². The SMILES string of the molecule is Cc1ccc(C[C@@H]2CN(C(=O)C=Cc3cccnc3)CCN2C(=O)c2cc(C(F)(F)F)cc(C(F)(F)F)c2)cc1C. The summed E-state index contributed by atoms with van der Waals surface area (Å²) in [7, 11) is 0. The molecule has 0 spiro atoms. The van der Waals surface area contributed by atoms with Crippen molar-refractivity contribution in [2.75, 3.05) is 19.6 Å². The van der Waals surface area contributed by atoms with Gasteiger partial charge in [0.05, 0.1) is 17.2 Å². The van der Waals surface area contributed by atoms with E-state index in [4.69, 9.17) is 0 Å². The summed E-state index contributed by atoms with van der Waals surface area (Å²) < 4.78 is 80.8. The fourth-order valence-electron chi connectivity index (χ4n) is 4.69. The van der Waals surface area contributed by atoms with Gasteiger partial charge in [0.25, 0.3) is 5.91 Å². The summed E-state index contributed by atoms with van der Waals surface area (Å²) in [6.07, 6.45) is -3.80. The second-order valence-corrected chi connectivity index (χ2v) is 9.97. The molecule has 2 amide bonds. The number of hydrogen-bond acceptors (Lipinski definition) is 3. The van der Waals surface area contributed by atoms with Gasteiger partial charge in [-0.1, -0.05) is 24.3 Å². The van der Waals surface area contributed by atoms with Crippen LogP contribution in [0, 0.1) is 13.8 Å². The van der Waals surface area contributed by atoms with Crippen LogP contribution in [0.4, 0.5) is 26.3 Å². The molecular weight excluding hydrogens is 548 g/mol. The molecule has 4 rings (SSSR count). The molecule has 0 bridgehead atoms. The lowest BCUT2D eigenvalue weighted by atomic mass is 9.97. The number of alkyl halides is 6. The number of rotatable bonds is 5. The van der Waals surface area contributed by atoms with Gasteiger partial charge in [0, 0.05) is 43.7 Å². The van der Waals surface area contributed by atoms with Gasteiger partial charge in [0.15, 0.2) is 0 Å². The van der Waals surface area contributed by atoms with Gasteiger partial charge in [-0.25, -0.2) is 0 Å². The van der Waals surface area contributed by atoms with Gasteiger partial charge in [-0.15, -0.1) is 0 Å². The number of nitrogens with zero attached hydrogens (tertiary/aromatic N) is 3. The van der Waals surface area contributed by atoms with Crippen LogP contribution in [-0.2, 0) is 23.6 Å². The van der Waals surface area contributed by atoms with E-state index in [1.54, 1.807) is 30.6 Å². The molecule has 1 aliphatic heterocycles. The Labute approximate surface area is 233 Å². The lowest BCUT2D eigenvalue weighted by molar-refractivity contribution is -0.143. The van der Waals surface area contributed by atoms with Crippen LogP contribution in [-0.4, -0.2) is 52.3 Å². The quantitative estimate of drug-likeness (QED) is 0.264.